The van der Waals surface area contributed by atoms with Crippen LogP contribution in [0.25, 0.3) is 5.69 Å². The maximum atomic E-state index is 12.4. The van der Waals surface area contributed by atoms with E-state index in [0.29, 0.717) is 13.1 Å². The predicted molar refractivity (Wildman–Crippen MR) is 76.3 cm³/mol. The highest BCUT2D eigenvalue weighted by molar-refractivity contribution is 5.97. The third-order valence-electron chi connectivity index (χ3n) is 3.89. The van der Waals surface area contributed by atoms with Gasteiger partial charge in [-0.25, -0.2) is 4.98 Å². The number of hydrogen-bond acceptors (Lipinski definition) is 4. The highest BCUT2D eigenvalue weighted by Crippen LogP contribution is 2.27. The topological polar surface area (TPSA) is 78.6 Å². The molecule has 0 unspecified atom stereocenters. The Morgan fingerprint density at radius 2 is 2.19 bits per heavy atom. The lowest BCUT2D eigenvalue weighted by molar-refractivity contribution is 0.00867. The molecule has 1 aliphatic rings. The Labute approximate surface area is 122 Å². The monoisotopic (exact) mass is 287 g/mol. The van der Waals surface area contributed by atoms with Crippen molar-refractivity contribution in [2.45, 2.75) is 13.0 Å². The van der Waals surface area contributed by atoms with Crippen LogP contribution in [0, 0.1) is 5.92 Å². The summed E-state index contributed by atoms with van der Waals surface area (Å²) in [7, 11) is 0. The van der Waals surface area contributed by atoms with Gasteiger partial charge in [-0.2, -0.15) is 0 Å². The van der Waals surface area contributed by atoms with Crippen molar-refractivity contribution in [3.63, 3.8) is 0 Å². The van der Waals surface area contributed by atoms with Crippen molar-refractivity contribution in [1.82, 2.24) is 14.5 Å². The first-order valence-electron chi connectivity index (χ1n) is 6.85. The maximum absolute atomic E-state index is 12.4. The zero-order chi connectivity index (χ0) is 15.0. The summed E-state index contributed by atoms with van der Waals surface area (Å²) in [5, 5.41) is 19.4. The fourth-order valence-corrected chi connectivity index (χ4v) is 2.42. The Kier molecular flexibility index (Phi) is 3.39. The van der Waals surface area contributed by atoms with E-state index in [-0.39, 0.29) is 23.1 Å². The molecule has 0 bridgehead atoms. The molecule has 21 heavy (non-hydrogen) atoms. The summed E-state index contributed by atoms with van der Waals surface area (Å²) < 4.78 is 1.77. The molecule has 1 aliphatic heterocycles. The number of aromatic nitrogens is 2. The van der Waals surface area contributed by atoms with E-state index in [2.05, 4.69) is 4.98 Å². The van der Waals surface area contributed by atoms with E-state index in [9.17, 15) is 15.0 Å². The van der Waals surface area contributed by atoms with Gasteiger partial charge >= 0.3 is 0 Å². The van der Waals surface area contributed by atoms with Gasteiger partial charge in [0.1, 0.15) is 5.75 Å². The summed E-state index contributed by atoms with van der Waals surface area (Å²) in [6, 6.07) is 4.88. The molecule has 110 valence electrons. The zero-order valence-corrected chi connectivity index (χ0v) is 11.7. The first-order valence-corrected chi connectivity index (χ1v) is 6.85. The normalized spacial score (nSPS) is 16.6. The van der Waals surface area contributed by atoms with Crippen molar-refractivity contribution >= 4 is 5.91 Å². The third-order valence-corrected chi connectivity index (χ3v) is 3.89. The smallest absolute Gasteiger partial charge is 0.257 e. The molecule has 1 fully saturated rings. The fourth-order valence-electron chi connectivity index (χ4n) is 2.42. The van der Waals surface area contributed by atoms with E-state index in [1.165, 1.54) is 6.07 Å². The number of hydrogen-bond donors (Lipinski definition) is 2. The molecule has 2 aromatic rings. The second-order valence-electron chi connectivity index (χ2n) is 5.38. The molecule has 6 nitrogen and oxygen atoms in total. The molecule has 1 atom stereocenters. The molecule has 2 N–H and O–H groups in total. The van der Waals surface area contributed by atoms with Crippen LogP contribution in [-0.4, -0.2) is 49.8 Å². The van der Waals surface area contributed by atoms with Crippen LogP contribution in [0.1, 0.15) is 17.3 Å². The average Bonchev–Trinajstić information content (AvgIpc) is 2.90. The number of carbonyl (C=O) groups excluding carboxylic acids is 1. The lowest BCUT2D eigenvalue weighted by atomic mass is 9.94. The Balaban J connectivity index is 1.82. The number of aliphatic hydroxyl groups excluding tert-OH is 1. The van der Waals surface area contributed by atoms with Gasteiger partial charge < -0.3 is 19.7 Å². The van der Waals surface area contributed by atoms with Crippen molar-refractivity contribution in [3.8, 4) is 11.4 Å². The van der Waals surface area contributed by atoms with Crippen LogP contribution < -0.4 is 0 Å². The molecule has 6 heteroatoms. The van der Waals surface area contributed by atoms with E-state index in [1.54, 1.807) is 47.2 Å². The fraction of sp³-hybridized carbons (Fsp3) is 0.333. The highest BCUT2D eigenvalue weighted by atomic mass is 16.3. The number of aliphatic hydroxyl groups is 1. The average molecular weight is 287 g/mol. The van der Waals surface area contributed by atoms with Crippen LogP contribution in [-0.2, 0) is 0 Å². The Hall–Kier alpha value is -2.34. The molecule has 1 saturated heterocycles. The second kappa shape index (κ2) is 5.21. The summed E-state index contributed by atoms with van der Waals surface area (Å²) >= 11 is 0. The van der Waals surface area contributed by atoms with Gasteiger partial charge in [0.25, 0.3) is 5.91 Å². The highest BCUT2D eigenvalue weighted by Gasteiger charge is 2.34. The van der Waals surface area contributed by atoms with Gasteiger partial charge in [-0.1, -0.05) is 0 Å². The minimum Gasteiger partial charge on any atom is -0.507 e. The minimum atomic E-state index is -0.417. The van der Waals surface area contributed by atoms with Crippen LogP contribution in [0.4, 0.5) is 0 Å². The number of phenols is 1. The number of likely N-dealkylation sites (tertiary alicyclic amines) is 1. The molecular weight excluding hydrogens is 270 g/mol. The van der Waals surface area contributed by atoms with E-state index in [1.807, 2.05) is 0 Å². The van der Waals surface area contributed by atoms with Gasteiger partial charge in [0.15, 0.2) is 0 Å². The van der Waals surface area contributed by atoms with Crippen molar-refractivity contribution in [2.75, 3.05) is 13.1 Å². The predicted octanol–water partition coefficient (Wildman–Crippen LogP) is 1.03. The van der Waals surface area contributed by atoms with Gasteiger partial charge in [-0.15, -0.1) is 0 Å². The molecular formula is C15H17N3O3. The van der Waals surface area contributed by atoms with Crippen molar-refractivity contribution in [2.24, 2.45) is 5.92 Å². The molecule has 0 saturated carbocycles. The van der Waals surface area contributed by atoms with Crippen LogP contribution in [0.3, 0.4) is 0 Å². The molecule has 0 radical (unpaired) electrons. The quantitative estimate of drug-likeness (QED) is 0.884. The van der Waals surface area contributed by atoms with Gasteiger partial charge in [0, 0.05) is 37.1 Å². The molecule has 3 rings (SSSR count). The summed E-state index contributed by atoms with van der Waals surface area (Å²) in [5.41, 5.74) is 1.03. The van der Waals surface area contributed by atoms with Crippen molar-refractivity contribution < 1.29 is 15.0 Å². The molecule has 0 aliphatic carbocycles. The van der Waals surface area contributed by atoms with Gasteiger partial charge in [0.2, 0.25) is 0 Å². The van der Waals surface area contributed by atoms with E-state index < -0.39 is 6.10 Å². The van der Waals surface area contributed by atoms with Crippen LogP contribution in [0.2, 0.25) is 0 Å². The molecule has 2 heterocycles. The SMILES string of the molecule is C[C@H](O)C1CN(C(=O)c2cc(-n3ccnc3)ccc2O)C1. The summed E-state index contributed by atoms with van der Waals surface area (Å²) in [5.74, 6) is -0.136. The summed E-state index contributed by atoms with van der Waals surface area (Å²) in [6.07, 6.45) is 4.64. The second-order valence-corrected chi connectivity index (χ2v) is 5.38. The van der Waals surface area contributed by atoms with Crippen molar-refractivity contribution in [3.05, 3.63) is 42.5 Å². The van der Waals surface area contributed by atoms with E-state index in [0.717, 1.165) is 5.69 Å². The third kappa shape index (κ3) is 2.50. The first kappa shape index (κ1) is 13.6. The molecule has 1 amide bonds. The zero-order valence-electron chi connectivity index (χ0n) is 11.7. The van der Waals surface area contributed by atoms with Crippen LogP contribution >= 0.6 is 0 Å². The summed E-state index contributed by atoms with van der Waals surface area (Å²) in [6.45, 7) is 2.76. The number of phenolic OH excluding ortho intramolecular Hbond substituents is 1. The number of rotatable bonds is 3. The number of imidazole rings is 1. The van der Waals surface area contributed by atoms with E-state index in [4.69, 9.17) is 0 Å². The number of nitrogens with zero attached hydrogens (tertiary/aromatic N) is 3. The number of carbonyl (C=O) groups is 1. The Bertz CT molecular complexity index is 646. The number of aromatic hydroxyl groups is 1. The van der Waals surface area contributed by atoms with Crippen LogP contribution in [0.15, 0.2) is 36.9 Å². The molecule has 1 aromatic carbocycles. The number of amides is 1. The van der Waals surface area contributed by atoms with Gasteiger partial charge in [0.05, 0.1) is 18.0 Å². The summed E-state index contributed by atoms with van der Waals surface area (Å²) in [4.78, 5) is 18.0. The lowest BCUT2D eigenvalue weighted by Gasteiger charge is -2.40. The Morgan fingerprint density at radius 3 is 2.81 bits per heavy atom. The van der Waals surface area contributed by atoms with Gasteiger partial charge in [-0.05, 0) is 25.1 Å². The maximum Gasteiger partial charge on any atom is 0.257 e. The Morgan fingerprint density at radius 1 is 1.43 bits per heavy atom. The largest absolute Gasteiger partial charge is 0.507 e. The number of benzene rings is 1. The standard InChI is InChI=1S/C15H17N3O3/c1-10(19)11-7-18(8-11)15(21)13-6-12(2-3-14(13)20)17-5-4-16-9-17/h2-6,9-11,19-20H,7-8H2,1H3/t10-/m0/s1. The lowest BCUT2D eigenvalue weighted by Crippen LogP contribution is -2.53. The molecule has 1 aromatic heterocycles. The minimum absolute atomic E-state index is 0.0376. The van der Waals surface area contributed by atoms with Crippen molar-refractivity contribution in [1.29, 1.82) is 0 Å². The van der Waals surface area contributed by atoms with Crippen LogP contribution in [0.5, 0.6) is 5.75 Å². The van der Waals surface area contributed by atoms with Gasteiger partial charge in [-0.3, -0.25) is 4.79 Å². The molecule has 0 spiro atoms. The first-order chi connectivity index (χ1) is 10.1. The van der Waals surface area contributed by atoms with E-state index >= 15 is 0 Å².